The van der Waals surface area contributed by atoms with E-state index < -0.39 is 0 Å². The molecule has 3 rings (SSSR count). The lowest BCUT2D eigenvalue weighted by Crippen LogP contribution is -2.24. The van der Waals surface area contributed by atoms with Crippen molar-refractivity contribution in [2.75, 3.05) is 10.6 Å². The minimum Gasteiger partial charge on any atom is -0.325 e. The molecule has 0 fully saturated rings. The number of carbonyl (C=O) groups excluding carboxylic acids is 2. The van der Waals surface area contributed by atoms with Gasteiger partial charge in [0.05, 0.1) is 5.25 Å². The number of amides is 2. The van der Waals surface area contributed by atoms with Crippen LogP contribution >= 0.6 is 11.8 Å². The van der Waals surface area contributed by atoms with Gasteiger partial charge in [-0.2, -0.15) is 0 Å². The Balaban J connectivity index is 1.67. The average Bonchev–Trinajstić information content (AvgIpc) is 2.72. The van der Waals surface area contributed by atoms with Gasteiger partial charge in [0.1, 0.15) is 0 Å². The Morgan fingerprint density at radius 3 is 2.13 bits per heavy atom. The molecule has 154 valence electrons. The van der Waals surface area contributed by atoms with Gasteiger partial charge in [-0.05, 0) is 68.3 Å². The smallest absolute Gasteiger partial charge is 0.255 e. The molecule has 0 heterocycles. The van der Waals surface area contributed by atoms with E-state index in [1.165, 1.54) is 11.8 Å². The lowest BCUT2D eigenvalue weighted by atomic mass is 10.1. The molecule has 0 bridgehead atoms. The lowest BCUT2D eigenvalue weighted by molar-refractivity contribution is -0.115. The van der Waals surface area contributed by atoms with Crippen LogP contribution in [0.3, 0.4) is 0 Å². The number of rotatable bonds is 7. The van der Waals surface area contributed by atoms with Gasteiger partial charge in [0.15, 0.2) is 0 Å². The van der Waals surface area contributed by atoms with Crippen molar-refractivity contribution in [3.63, 3.8) is 0 Å². The zero-order valence-corrected chi connectivity index (χ0v) is 18.3. The minimum atomic E-state index is -0.228. The van der Waals surface area contributed by atoms with Gasteiger partial charge in [0.2, 0.25) is 5.91 Å². The molecule has 0 saturated heterocycles. The molecule has 3 aromatic carbocycles. The molecule has 2 N–H and O–H groups in total. The highest BCUT2D eigenvalue weighted by Crippen LogP contribution is 2.29. The molecule has 0 aliphatic rings. The Morgan fingerprint density at radius 2 is 1.47 bits per heavy atom. The van der Waals surface area contributed by atoms with Crippen molar-refractivity contribution < 1.29 is 9.59 Å². The van der Waals surface area contributed by atoms with Crippen LogP contribution in [0, 0.1) is 13.8 Å². The van der Waals surface area contributed by atoms with Crippen LogP contribution in [0.5, 0.6) is 0 Å². The SMILES string of the molecule is CCC(Sc1cccc(NC(=O)c2cccc(C)c2)c1)C(=O)Nc1cccc(C)c1. The van der Waals surface area contributed by atoms with Gasteiger partial charge in [-0.25, -0.2) is 0 Å². The summed E-state index contributed by atoms with van der Waals surface area (Å²) in [6.45, 7) is 5.95. The summed E-state index contributed by atoms with van der Waals surface area (Å²) in [5, 5.41) is 5.71. The molecule has 0 saturated carbocycles. The van der Waals surface area contributed by atoms with Crippen LogP contribution in [0.2, 0.25) is 0 Å². The molecule has 30 heavy (non-hydrogen) atoms. The zero-order chi connectivity index (χ0) is 21.5. The first-order valence-electron chi connectivity index (χ1n) is 9.97. The van der Waals surface area contributed by atoms with Crippen molar-refractivity contribution in [3.8, 4) is 0 Å². The first-order chi connectivity index (χ1) is 14.4. The van der Waals surface area contributed by atoms with Crippen LogP contribution in [0.1, 0.15) is 34.8 Å². The van der Waals surface area contributed by atoms with E-state index in [2.05, 4.69) is 10.6 Å². The van der Waals surface area contributed by atoms with E-state index in [4.69, 9.17) is 0 Å². The fourth-order valence-electron chi connectivity index (χ4n) is 3.07. The highest BCUT2D eigenvalue weighted by Gasteiger charge is 2.18. The van der Waals surface area contributed by atoms with Gasteiger partial charge in [0.25, 0.3) is 5.91 Å². The Kier molecular flexibility index (Phi) is 7.31. The second-order valence-corrected chi connectivity index (χ2v) is 8.50. The predicted molar refractivity (Wildman–Crippen MR) is 125 cm³/mol. The molecule has 3 aromatic rings. The quantitative estimate of drug-likeness (QED) is 0.458. The van der Waals surface area contributed by atoms with Crippen molar-refractivity contribution in [1.82, 2.24) is 0 Å². The van der Waals surface area contributed by atoms with E-state index in [1.807, 2.05) is 87.5 Å². The van der Waals surface area contributed by atoms with Crippen LogP contribution in [0.25, 0.3) is 0 Å². The number of carbonyl (C=O) groups is 2. The summed E-state index contributed by atoms with van der Waals surface area (Å²) < 4.78 is 0. The van der Waals surface area contributed by atoms with Gasteiger partial charge >= 0.3 is 0 Å². The van der Waals surface area contributed by atoms with Crippen LogP contribution in [0.4, 0.5) is 11.4 Å². The number of nitrogens with one attached hydrogen (secondary N) is 2. The van der Waals surface area contributed by atoms with Gasteiger partial charge in [-0.3, -0.25) is 9.59 Å². The number of hydrogen-bond donors (Lipinski definition) is 2. The third kappa shape index (κ3) is 5.97. The topological polar surface area (TPSA) is 58.2 Å². The third-order valence-electron chi connectivity index (χ3n) is 4.60. The van der Waals surface area contributed by atoms with Crippen LogP contribution in [-0.2, 0) is 4.79 Å². The van der Waals surface area contributed by atoms with E-state index in [0.29, 0.717) is 17.7 Å². The maximum atomic E-state index is 12.7. The summed E-state index contributed by atoms with van der Waals surface area (Å²) in [6, 6.07) is 22.9. The van der Waals surface area contributed by atoms with Crippen molar-refractivity contribution in [2.24, 2.45) is 0 Å². The molecule has 1 atom stereocenters. The molecule has 0 spiro atoms. The summed E-state index contributed by atoms with van der Waals surface area (Å²) in [5.41, 5.74) is 4.28. The predicted octanol–water partition coefficient (Wildman–Crippen LogP) is 6.07. The molecule has 0 radical (unpaired) electrons. The minimum absolute atomic E-state index is 0.0256. The Bertz CT molecular complexity index is 1050. The molecule has 4 nitrogen and oxygen atoms in total. The molecule has 0 aromatic heterocycles. The number of hydrogen-bond acceptors (Lipinski definition) is 3. The molecule has 0 aliphatic heterocycles. The highest BCUT2D eigenvalue weighted by molar-refractivity contribution is 8.00. The fourth-order valence-corrected chi connectivity index (χ4v) is 4.08. The standard InChI is InChI=1S/C25H26N2O2S/c1-4-23(25(29)27-20-11-6-9-18(3)15-20)30-22-13-7-12-21(16-22)26-24(28)19-10-5-8-17(2)14-19/h5-16,23H,4H2,1-3H3,(H,26,28)(H,27,29). The molecule has 5 heteroatoms. The second kappa shape index (κ2) is 10.1. The van der Waals surface area contributed by atoms with Crippen LogP contribution in [0.15, 0.2) is 77.7 Å². The number of anilines is 2. The van der Waals surface area contributed by atoms with Crippen LogP contribution < -0.4 is 10.6 Å². The molecular formula is C25H26N2O2S. The van der Waals surface area contributed by atoms with E-state index in [1.54, 1.807) is 6.07 Å². The molecular weight excluding hydrogens is 392 g/mol. The number of thioether (sulfide) groups is 1. The summed E-state index contributed by atoms with van der Waals surface area (Å²) in [5.74, 6) is -0.174. The Morgan fingerprint density at radius 1 is 0.833 bits per heavy atom. The largest absolute Gasteiger partial charge is 0.325 e. The van der Waals surface area contributed by atoms with Gasteiger partial charge < -0.3 is 10.6 Å². The van der Waals surface area contributed by atoms with Crippen molar-refractivity contribution >= 4 is 35.0 Å². The molecule has 0 aliphatic carbocycles. The van der Waals surface area contributed by atoms with Crippen molar-refractivity contribution in [1.29, 1.82) is 0 Å². The number of benzene rings is 3. The fraction of sp³-hybridized carbons (Fsp3) is 0.200. The summed E-state index contributed by atoms with van der Waals surface area (Å²) >= 11 is 1.50. The second-order valence-electron chi connectivity index (χ2n) is 7.22. The van der Waals surface area contributed by atoms with Gasteiger partial charge in [0, 0.05) is 21.8 Å². The van der Waals surface area contributed by atoms with Crippen LogP contribution in [-0.4, -0.2) is 17.1 Å². The molecule has 1 unspecified atom stereocenters. The van der Waals surface area contributed by atoms with Crippen molar-refractivity contribution in [2.45, 2.75) is 37.3 Å². The normalized spacial score (nSPS) is 11.6. The first kappa shape index (κ1) is 21.7. The maximum absolute atomic E-state index is 12.7. The van der Waals surface area contributed by atoms with E-state index in [9.17, 15) is 9.59 Å². The van der Waals surface area contributed by atoms with E-state index in [0.717, 1.165) is 21.7 Å². The van der Waals surface area contributed by atoms with Gasteiger partial charge in [-0.1, -0.05) is 42.8 Å². The summed E-state index contributed by atoms with van der Waals surface area (Å²) in [7, 11) is 0. The Hall–Kier alpha value is -3.05. The highest BCUT2D eigenvalue weighted by atomic mass is 32.2. The summed E-state index contributed by atoms with van der Waals surface area (Å²) in [6.07, 6.45) is 0.697. The average molecular weight is 419 g/mol. The van der Waals surface area contributed by atoms with Crippen molar-refractivity contribution in [3.05, 3.63) is 89.5 Å². The lowest BCUT2D eigenvalue weighted by Gasteiger charge is -2.16. The van der Waals surface area contributed by atoms with E-state index >= 15 is 0 Å². The monoisotopic (exact) mass is 418 g/mol. The summed E-state index contributed by atoms with van der Waals surface area (Å²) in [4.78, 5) is 26.2. The maximum Gasteiger partial charge on any atom is 0.255 e. The van der Waals surface area contributed by atoms with E-state index in [-0.39, 0.29) is 17.1 Å². The number of aryl methyl sites for hydroxylation is 2. The Labute approximate surface area is 182 Å². The van der Waals surface area contributed by atoms with Gasteiger partial charge in [-0.15, -0.1) is 11.8 Å². The molecule has 2 amide bonds. The zero-order valence-electron chi connectivity index (χ0n) is 17.4. The first-order valence-corrected chi connectivity index (χ1v) is 10.8. The third-order valence-corrected chi connectivity index (χ3v) is 5.96.